The normalized spacial score (nSPS) is 12.5. The van der Waals surface area contributed by atoms with Gasteiger partial charge >= 0.3 is 5.97 Å². The van der Waals surface area contributed by atoms with Crippen LogP contribution in [0.2, 0.25) is 0 Å². The lowest BCUT2D eigenvalue weighted by atomic mass is 9.99. The second-order valence-corrected chi connectivity index (χ2v) is 2.93. The molecule has 3 N–H and O–H groups in total. The second-order valence-electron chi connectivity index (χ2n) is 2.93. The fourth-order valence-electron chi connectivity index (χ4n) is 1.16. The Kier molecular flexibility index (Phi) is 3.31. The maximum atomic E-state index is 12.8. The van der Waals surface area contributed by atoms with Gasteiger partial charge in [0.25, 0.3) is 0 Å². The number of carboxylic acids is 1. The molecule has 0 saturated carbocycles. The lowest BCUT2D eigenvalue weighted by molar-refractivity contribution is -0.138. The van der Waals surface area contributed by atoms with Crippen molar-refractivity contribution in [3.63, 3.8) is 0 Å². The van der Waals surface area contributed by atoms with Crippen molar-refractivity contribution in [2.75, 3.05) is 6.54 Å². The van der Waals surface area contributed by atoms with Gasteiger partial charge in [-0.15, -0.1) is 0 Å². The highest BCUT2D eigenvalue weighted by Crippen LogP contribution is 2.20. The first-order valence-electron chi connectivity index (χ1n) is 4.04. The van der Waals surface area contributed by atoms with Crippen molar-refractivity contribution < 1.29 is 23.1 Å². The third-order valence-corrected chi connectivity index (χ3v) is 1.94. The predicted molar refractivity (Wildman–Crippen MR) is 45.7 cm³/mol. The van der Waals surface area contributed by atoms with Crippen molar-refractivity contribution in [2.24, 2.45) is 5.73 Å². The third-order valence-electron chi connectivity index (χ3n) is 1.94. The number of halogens is 3. The van der Waals surface area contributed by atoms with Crippen molar-refractivity contribution in [1.29, 1.82) is 0 Å². The van der Waals surface area contributed by atoms with Crippen molar-refractivity contribution in [1.82, 2.24) is 0 Å². The first-order chi connectivity index (χ1) is 6.97. The topological polar surface area (TPSA) is 63.3 Å². The van der Waals surface area contributed by atoms with Gasteiger partial charge in [0.15, 0.2) is 17.5 Å². The van der Waals surface area contributed by atoms with Gasteiger partial charge in [-0.3, -0.25) is 4.79 Å². The standard InChI is InChI=1S/C9H8F3NO2/c10-6-1-4(2-7(11)8(6)12)5(3-13)9(14)15/h1-2,5H,3,13H2,(H,14,15). The molecule has 6 heteroatoms. The summed E-state index contributed by atoms with van der Waals surface area (Å²) in [6.07, 6.45) is 0. The Hall–Kier alpha value is -1.56. The fraction of sp³-hybridized carbons (Fsp3) is 0.222. The molecule has 0 bridgehead atoms. The van der Waals surface area contributed by atoms with E-state index in [9.17, 15) is 18.0 Å². The molecule has 1 aromatic carbocycles. The molecule has 82 valence electrons. The number of aliphatic carboxylic acids is 1. The zero-order valence-electron chi connectivity index (χ0n) is 7.51. The van der Waals surface area contributed by atoms with Crippen LogP contribution in [-0.4, -0.2) is 17.6 Å². The lowest BCUT2D eigenvalue weighted by Crippen LogP contribution is -2.21. The zero-order chi connectivity index (χ0) is 11.6. The molecular formula is C9H8F3NO2. The number of carboxylic acid groups (broad SMARTS) is 1. The number of carbonyl (C=O) groups is 1. The molecule has 1 atom stereocenters. The Bertz CT molecular complexity index is 372. The van der Waals surface area contributed by atoms with Gasteiger partial charge in [-0.1, -0.05) is 0 Å². The molecule has 0 radical (unpaired) electrons. The van der Waals surface area contributed by atoms with Crippen LogP contribution in [-0.2, 0) is 4.79 Å². The van der Waals surface area contributed by atoms with Crippen molar-refractivity contribution >= 4 is 5.97 Å². The van der Waals surface area contributed by atoms with Crippen molar-refractivity contribution in [2.45, 2.75) is 5.92 Å². The molecule has 0 spiro atoms. The van der Waals surface area contributed by atoms with Gasteiger partial charge in [0, 0.05) is 6.54 Å². The number of hydrogen-bond donors (Lipinski definition) is 2. The lowest BCUT2D eigenvalue weighted by Gasteiger charge is -2.10. The smallest absolute Gasteiger partial charge is 0.312 e. The van der Waals surface area contributed by atoms with Crippen LogP contribution in [0.3, 0.4) is 0 Å². The molecule has 3 nitrogen and oxygen atoms in total. The molecule has 1 aromatic rings. The van der Waals surface area contributed by atoms with Crippen LogP contribution >= 0.6 is 0 Å². The zero-order valence-corrected chi connectivity index (χ0v) is 7.51. The van der Waals surface area contributed by atoms with E-state index in [1.165, 1.54) is 0 Å². The average molecular weight is 219 g/mol. The molecule has 0 aliphatic rings. The molecule has 0 aliphatic heterocycles. The summed E-state index contributed by atoms with van der Waals surface area (Å²) in [5.74, 6) is -7.04. The minimum atomic E-state index is -1.63. The highest BCUT2D eigenvalue weighted by Gasteiger charge is 2.21. The van der Waals surface area contributed by atoms with Crippen LogP contribution in [0.5, 0.6) is 0 Å². The van der Waals surface area contributed by atoms with Crippen LogP contribution in [0, 0.1) is 17.5 Å². The number of benzene rings is 1. The Morgan fingerprint density at radius 3 is 2.13 bits per heavy atom. The van der Waals surface area contributed by atoms with E-state index < -0.39 is 29.3 Å². The maximum absolute atomic E-state index is 12.8. The maximum Gasteiger partial charge on any atom is 0.312 e. The summed E-state index contributed by atoms with van der Waals surface area (Å²) in [5, 5.41) is 8.66. The van der Waals surface area contributed by atoms with Crippen LogP contribution in [0.1, 0.15) is 11.5 Å². The molecule has 0 fully saturated rings. The molecule has 1 rings (SSSR count). The molecule has 0 aliphatic carbocycles. The average Bonchev–Trinajstić information content (AvgIpc) is 2.14. The van der Waals surface area contributed by atoms with Gasteiger partial charge in [0.1, 0.15) is 0 Å². The van der Waals surface area contributed by atoms with Crippen molar-refractivity contribution in [3.05, 3.63) is 35.1 Å². The Morgan fingerprint density at radius 1 is 1.33 bits per heavy atom. The van der Waals surface area contributed by atoms with Gasteiger partial charge in [0.05, 0.1) is 5.92 Å². The summed E-state index contributed by atoms with van der Waals surface area (Å²) >= 11 is 0. The summed E-state index contributed by atoms with van der Waals surface area (Å²) < 4.78 is 38.1. The second kappa shape index (κ2) is 4.31. The fourth-order valence-corrected chi connectivity index (χ4v) is 1.16. The number of nitrogens with two attached hydrogens (primary N) is 1. The van der Waals surface area contributed by atoms with E-state index in [0.29, 0.717) is 12.1 Å². The van der Waals surface area contributed by atoms with Crippen LogP contribution in [0.4, 0.5) is 13.2 Å². The third kappa shape index (κ3) is 2.27. The first-order valence-corrected chi connectivity index (χ1v) is 4.04. The molecule has 0 heterocycles. The highest BCUT2D eigenvalue weighted by atomic mass is 19.2. The van der Waals surface area contributed by atoms with E-state index in [4.69, 9.17) is 10.8 Å². The Balaban J connectivity index is 3.20. The van der Waals surface area contributed by atoms with E-state index >= 15 is 0 Å². The summed E-state index contributed by atoms with van der Waals surface area (Å²) in [6.45, 7) is -0.320. The summed E-state index contributed by atoms with van der Waals surface area (Å²) in [4.78, 5) is 10.6. The van der Waals surface area contributed by atoms with Crippen LogP contribution in [0.15, 0.2) is 12.1 Å². The van der Waals surface area contributed by atoms with Gasteiger partial charge in [0.2, 0.25) is 0 Å². The summed E-state index contributed by atoms with van der Waals surface area (Å²) in [5.41, 5.74) is 4.93. The SMILES string of the molecule is NCC(C(=O)O)c1cc(F)c(F)c(F)c1. The molecule has 1 unspecified atom stereocenters. The number of rotatable bonds is 3. The molecular weight excluding hydrogens is 211 g/mol. The van der Waals surface area contributed by atoms with Crippen molar-refractivity contribution in [3.8, 4) is 0 Å². The van der Waals surface area contributed by atoms with Gasteiger partial charge in [-0.05, 0) is 17.7 Å². The van der Waals surface area contributed by atoms with E-state index in [1.54, 1.807) is 0 Å². The monoisotopic (exact) mass is 219 g/mol. The van der Waals surface area contributed by atoms with E-state index in [2.05, 4.69) is 0 Å². The quantitative estimate of drug-likeness (QED) is 0.751. The number of hydrogen-bond acceptors (Lipinski definition) is 2. The molecule has 15 heavy (non-hydrogen) atoms. The van der Waals surface area contributed by atoms with E-state index in [0.717, 1.165) is 0 Å². The van der Waals surface area contributed by atoms with E-state index in [-0.39, 0.29) is 12.1 Å². The minimum absolute atomic E-state index is 0.193. The molecule has 0 saturated heterocycles. The first kappa shape index (κ1) is 11.5. The van der Waals surface area contributed by atoms with Gasteiger partial charge < -0.3 is 10.8 Å². The molecule has 0 aromatic heterocycles. The predicted octanol–water partition coefficient (Wildman–Crippen LogP) is 1.23. The Morgan fingerprint density at radius 2 is 1.80 bits per heavy atom. The minimum Gasteiger partial charge on any atom is -0.481 e. The Labute approximate surface area is 83.3 Å². The summed E-state index contributed by atoms with van der Waals surface area (Å²) in [7, 11) is 0. The van der Waals surface area contributed by atoms with E-state index in [1.807, 2.05) is 0 Å². The van der Waals surface area contributed by atoms with Gasteiger partial charge in [-0.25, -0.2) is 13.2 Å². The van der Waals surface area contributed by atoms with Crippen LogP contribution < -0.4 is 5.73 Å². The van der Waals surface area contributed by atoms with Gasteiger partial charge in [-0.2, -0.15) is 0 Å². The van der Waals surface area contributed by atoms with Crippen LogP contribution in [0.25, 0.3) is 0 Å². The molecule has 0 amide bonds. The highest BCUT2D eigenvalue weighted by molar-refractivity contribution is 5.76. The summed E-state index contributed by atoms with van der Waals surface area (Å²) in [6, 6.07) is 1.26. The largest absolute Gasteiger partial charge is 0.481 e.